The summed E-state index contributed by atoms with van der Waals surface area (Å²) in [5.41, 5.74) is 2.49. The van der Waals surface area contributed by atoms with Gasteiger partial charge in [-0.05, 0) is 56.0 Å². The van der Waals surface area contributed by atoms with Crippen LogP contribution in [0.3, 0.4) is 0 Å². The third-order valence-corrected chi connectivity index (χ3v) is 7.92. The Hall–Kier alpha value is -3.18. The molecule has 8 heteroatoms. The quantitative estimate of drug-likeness (QED) is 0.581. The van der Waals surface area contributed by atoms with E-state index in [1.807, 2.05) is 40.7 Å². The van der Waals surface area contributed by atoms with Gasteiger partial charge in [-0.15, -0.1) is 11.3 Å². The molecule has 0 atom stereocenters. The predicted octanol–water partition coefficient (Wildman–Crippen LogP) is 3.72. The van der Waals surface area contributed by atoms with E-state index >= 15 is 0 Å². The molecule has 1 saturated heterocycles. The van der Waals surface area contributed by atoms with Crippen molar-refractivity contribution in [1.29, 1.82) is 5.26 Å². The Balaban J connectivity index is 1.39. The molecular formula is C25H27N5O2S. The highest BCUT2D eigenvalue weighted by Gasteiger charge is 2.26. The standard InChI is InChI=1S/C25H27N5O2S/c1-17-21-23(27-20-6-3-2-4-13-30(20)24(21)31)33-22(17)25(32)29-12-5-11-28(14-15-29)19-9-7-18(16-26)8-10-19/h7-10H,2-6,11-15H2,1H3. The molecule has 2 aliphatic heterocycles. The molecular weight excluding hydrogens is 434 g/mol. The van der Waals surface area contributed by atoms with Gasteiger partial charge in [-0.3, -0.25) is 14.2 Å². The van der Waals surface area contributed by atoms with Crippen LogP contribution in [-0.4, -0.2) is 46.5 Å². The maximum atomic E-state index is 13.5. The minimum atomic E-state index is -0.00299. The van der Waals surface area contributed by atoms with Crippen molar-refractivity contribution in [3.05, 3.63) is 56.4 Å². The summed E-state index contributed by atoms with van der Waals surface area (Å²) in [4.78, 5) is 37.1. The SMILES string of the molecule is Cc1c(C(=O)N2CCCN(c3ccc(C#N)cc3)CC2)sc2nc3n(c(=O)c12)CCCCC3. The van der Waals surface area contributed by atoms with Gasteiger partial charge in [0.2, 0.25) is 0 Å². The van der Waals surface area contributed by atoms with Crippen molar-refractivity contribution in [2.75, 3.05) is 31.1 Å². The predicted molar refractivity (Wildman–Crippen MR) is 130 cm³/mol. The minimum absolute atomic E-state index is 0.00299. The van der Waals surface area contributed by atoms with Gasteiger partial charge in [0.15, 0.2) is 0 Å². The van der Waals surface area contributed by atoms with E-state index in [1.165, 1.54) is 11.3 Å². The van der Waals surface area contributed by atoms with Gasteiger partial charge in [0.05, 0.1) is 21.9 Å². The van der Waals surface area contributed by atoms with Gasteiger partial charge in [0, 0.05) is 44.8 Å². The van der Waals surface area contributed by atoms with Crippen LogP contribution in [0.2, 0.25) is 0 Å². The maximum Gasteiger partial charge on any atom is 0.264 e. The first-order valence-electron chi connectivity index (χ1n) is 11.6. The monoisotopic (exact) mass is 461 g/mol. The highest BCUT2D eigenvalue weighted by Crippen LogP contribution is 2.30. The molecule has 0 bridgehead atoms. The lowest BCUT2D eigenvalue weighted by atomic mass is 10.2. The van der Waals surface area contributed by atoms with Gasteiger partial charge in [0.25, 0.3) is 11.5 Å². The topological polar surface area (TPSA) is 82.2 Å². The van der Waals surface area contributed by atoms with E-state index in [0.29, 0.717) is 40.3 Å². The van der Waals surface area contributed by atoms with Crippen LogP contribution in [0.4, 0.5) is 5.69 Å². The van der Waals surface area contributed by atoms with E-state index in [0.717, 1.165) is 62.3 Å². The molecule has 33 heavy (non-hydrogen) atoms. The third kappa shape index (κ3) is 4.02. The van der Waals surface area contributed by atoms with Crippen molar-refractivity contribution in [2.24, 2.45) is 0 Å². The highest BCUT2D eigenvalue weighted by molar-refractivity contribution is 7.20. The summed E-state index contributed by atoms with van der Waals surface area (Å²) in [6, 6.07) is 9.75. The summed E-state index contributed by atoms with van der Waals surface area (Å²) in [6.07, 6.45) is 4.86. The number of rotatable bonds is 2. The number of carbonyl (C=O) groups excluding carboxylic acids is 1. The average molecular weight is 462 g/mol. The minimum Gasteiger partial charge on any atom is -0.370 e. The lowest BCUT2D eigenvalue weighted by Gasteiger charge is -2.23. The molecule has 2 aliphatic rings. The molecule has 2 aromatic heterocycles. The van der Waals surface area contributed by atoms with Crippen LogP contribution in [-0.2, 0) is 13.0 Å². The summed E-state index contributed by atoms with van der Waals surface area (Å²) >= 11 is 1.37. The van der Waals surface area contributed by atoms with E-state index in [9.17, 15) is 9.59 Å². The van der Waals surface area contributed by atoms with Gasteiger partial charge in [-0.2, -0.15) is 5.26 Å². The van der Waals surface area contributed by atoms with Gasteiger partial charge < -0.3 is 9.80 Å². The smallest absolute Gasteiger partial charge is 0.264 e. The number of aromatic nitrogens is 2. The number of nitriles is 1. The van der Waals surface area contributed by atoms with Crippen molar-refractivity contribution in [3.8, 4) is 6.07 Å². The van der Waals surface area contributed by atoms with Gasteiger partial charge in [0.1, 0.15) is 10.7 Å². The molecule has 1 aromatic carbocycles. The molecule has 1 amide bonds. The number of anilines is 1. The number of aryl methyl sites for hydroxylation is 2. The molecule has 3 aromatic rings. The Morgan fingerprint density at radius 3 is 2.64 bits per heavy atom. The third-order valence-electron chi connectivity index (χ3n) is 6.75. The second-order valence-corrected chi connectivity index (χ2v) is 9.82. The number of amides is 1. The van der Waals surface area contributed by atoms with Crippen molar-refractivity contribution >= 4 is 33.1 Å². The Morgan fingerprint density at radius 2 is 1.85 bits per heavy atom. The highest BCUT2D eigenvalue weighted by atomic mass is 32.1. The van der Waals surface area contributed by atoms with E-state index in [2.05, 4.69) is 11.0 Å². The van der Waals surface area contributed by atoms with Crippen molar-refractivity contribution in [2.45, 2.75) is 45.6 Å². The number of thiophene rings is 1. The van der Waals surface area contributed by atoms with Crippen LogP contribution in [0.15, 0.2) is 29.1 Å². The average Bonchev–Trinajstić information content (AvgIpc) is 3.04. The molecule has 0 aliphatic carbocycles. The molecule has 170 valence electrons. The van der Waals surface area contributed by atoms with Gasteiger partial charge in [-0.25, -0.2) is 4.98 Å². The zero-order valence-corrected chi connectivity index (χ0v) is 19.7. The maximum absolute atomic E-state index is 13.5. The second kappa shape index (κ2) is 8.99. The molecule has 0 unspecified atom stereocenters. The number of nitrogens with zero attached hydrogens (tertiary/aromatic N) is 5. The van der Waals surface area contributed by atoms with Gasteiger partial charge >= 0.3 is 0 Å². The number of hydrogen-bond donors (Lipinski definition) is 0. The Labute approximate surface area is 196 Å². The fourth-order valence-electron chi connectivity index (χ4n) is 4.88. The fraction of sp³-hybridized carbons (Fsp3) is 0.440. The zero-order valence-electron chi connectivity index (χ0n) is 18.8. The Bertz CT molecular complexity index is 1300. The first kappa shape index (κ1) is 21.7. The van der Waals surface area contributed by atoms with Crippen LogP contribution >= 0.6 is 11.3 Å². The summed E-state index contributed by atoms with van der Waals surface area (Å²) in [5.74, 6) is 0.856. The summed E-state index contributed by atoms with van der Waals surface area (Å²) in [5, 5.41) is 9.64. The molecule has 0 N–H and O–H groups in total. The van der Waals surface area contributed by atoms with E-state index < -0.39 is 0 Å². The fourth-order valence-corrected chi connectivity index (χ4v) is 6.04. The normalized spacial score (nSPS) is 16.7. The van der Waals surface area contributed by atoms with Crippen LogP contribution in [0, 0.1) is 18.3 Å². The van der Waals surface area contributed by atoms with Crippen LogP contribution in [0.1, 0.15) is 52.3 Å². The molecule has 5 rings (SSSR count). The lowest BCUT2D eigenvalue weighted by Crippen LogP contribution is -2.35. The first-order chi connectivity index (χ1) is 16.1. The molecule has 4 heterocycles. The van der Waals surface area contributed by atoms with E-state index in [1.54, 1.807) is 0 Å². The Kier molecular flexibility index (Phi) is 5.90. The van der Waals surface area contributed by atoms with Crippen LogP contribution in [0.5, 0.6) is 0 Å². The van der Waals surface area contributed by atoms with Crippen molar-refractivity contribution in [1.82, 2.24) is 14.5 Å². The summed E-state index contributed by atoms with van der Waals surface area (Å²) < 4.78 is 1.82. The van der Waals surface area contributed by atoms with Gasteiger partial charge in [-0.1, -0.05) is 6.42 Å². The number of carbonyl (C=O) groups is 1. The number of benzene rings is 1. The van der Waals surface area contributed by atoms with Crippen LogP contribution in [0.25, 0.3) is 10.2 Å². The number of fused-ring (bicyclic) bond motifs is 2. The second-order valence-electron chi connectivity index (χ2n) is 8.82. The largest absolute Gasteiger partial charge is 0.370 e. The molecule has 1 fully saturated rings. The first-order valence-corrected chi connectivity index (χ1v) is 12.5. The molecule has 0 radical (unpaired) electrons. The van der Waals surface area contributed by atoms with Crippen LogP contribution < -0.4 is 10.5 Å². The van der Waals surface area contributed by atoms with Crippen molar-refractivity contribution < 1.29 is 4.79 Å². The van der Waals surface area contributed by atoms with E-state index in [-0.39, 0.29) is 11.5 Å². The summed E-state index contributed by atoms with van der Waals surface area (Å²) in [7, 11) is 0. The number of hydrogen-bond acceptors (Lipinski definition) is 6. The van der Waals surface area contributed by atoms with E-state index in [4.69, 9.17) is 10.2 Å². The van der Waals surface area contributed by atoms with Crippen molar-refractivity contribution in [3.63, 3.8) is 0 Å². The molecule has 0 saturated carbocycles. The summed E-state index contributed by atoms with van der Waals surface area (Å²) in [6.45, 7) is 5.50. The molecule has 7 nitrogen and oxygen atoms in total. The Morgan fingerprint density at radius 1 is 1.03 bits per heavy atom. The zero-order chi connectivity index (χ0) is 22.9. The lowest BCUT2D eigenvalue weighted by molar-refractivity contribution is 0.0771. The molecule has 0 spiro atoms.